The minimum absolute atomic E-state index is 0.184. The van der Waals surface area contributed by atoms with Crippen molar-refractivity contribution in [1.82, 2.24) is 14.9 Å². The van der Waals surface area contributed by atoms with Gasteiger partial charge in [-0.2, -0.15) is 0 Å². The molecule has 0 unspecified atom stereocenters. The average molecular weight is 413 g/mol. The van der Waals surface area contributed by atoms with E-state index in [9.17, 15) is 0 Å². The van der Waals surface area contributed by atoms with E-state index in [0.29, 0.717) is 23.5 Å². The van der Waals surface area contributed by atoms with Crippen LogP contribution in [0.4, 0.5) is 11.6 Å². The van der Waals surface area contributed by atoms with Crippen LogP contribution in [0.3, 0.4) is 0 Å². The maximum absolute atomic E-state index is 8.60. The Morgan fingerprint density at radius 3 is 2.68 bits per heavy atom. The van der Waals surface area contributed by atoms with Crippen LogP contribution in [0, 0.1) is 5.41 Å². The summed E-state index contributed by atoms with van der Waals surface area (Å²) in [6.07, 6.45) is 8.44. The highest BCUT2D eigenvalue weighted by atomic mass is 15.2. The van der Waals surface area contributed by atoms with Crippen molar-refractivity contribution in [3.05, 3.63) is 96.5 Å². The molecular weight excluding hydrogens is 384 g/mol. The molecule has 6 heteroatoms. The fraction of sp³-hybridized carbons (Fsp3) is 0.160. The van der Waals surface area contributed by atoms with Gasteiger partial charge in [0.1, 0.15) is 18.0 Å². The minimum Gasteiger partial charge on any atom is -0.383 e. The van der Waals surface area contributed by atoms with Crippen molar-refractivity contribution < 1.29 is 0 Å². The van der Waals surface area contributed by atoms with Crippen LogP contribution in [0.1, 0.15) is 30.5 Å². The number of hydrogen-bond donors (Lipinski definition) is 3. The van der Waals surface area contributed by atoms with E-state index in [4.69, 9.17) is 11.1 Å². The molecule has 4 N–H and O–H groups in total. The Balaban J connectivity index is 1.96. The van der Waals surface area contributed by atoms with Gasteiger partial charge in [-0.15, -0.1) is 0 Å². The number of nitrogens with two attached hydrogens (primary N) is 1. The van der Waals surface area contributed by atoms with Crippen LogP contribution in [0.2, 0.25) is 0 Å². The predicted octanol–water partition coefficient (Wildman–Crippen LogP) is 4.87. The highest BCUT2D eigenvalue weighted by Gasteiger charge is 2.24. The summed E-state index contributed by atoms with van der Waals surface area (Å²) in [4.78, 5) is 10.6. The van der Waals surface area contributed by atoms with Crippen LogP contribution >= 0.6 is 0 Å². The Hall–Kier alpha value is -3.93. The number of nitrogens with zero attached hydrogens (tertiary/aromatic N) is 3. The third-order valence-electron chi connectivity index (χ3n) is 5.08. The molecule has 0 aliphatic carbocycles. The number of nitrogen functional groups attached to an aromatic ring is 1. The topological polar surface area (TPSA) is 90.9 Å². The summed E-state index contributed by atoms with van der Waals surface area (Å²) < 4.78 is 0. The fourth-order valence-corrected chi connectivity index (χ4v) is 3.70. The molecule has 158 valence electrons. The number of rotatable bonds is 8. The molecule has 1 aliphatic rings. The van der Waals surface area contributed by atoms with E-state index in [2.05, 4.69) is 72.0 Å². The lowest BCUT2D eigenvalue weighted by Crippen LogP contribution is -2.33. The van der Waals surface area contributed by atoms with Gasteiger partial charge in [0, 0.05) is 23.0 Å². The van der Waals surface area contributed by atoms with Crippen LogP contribution in [0.15, 0.2) is 79.8 Å². The second kappa shape index (κ2) is 9.26. The molecule has 0 amide bonds. The van der Waals surface area contributed by atoms with Crippen molar-refractivity contribution in [3.63, 3.8) is 0 Å². The van der Waals surface area contributed by atoms with Gasteiger partial charge in [0.25, 0.3) is 0 Å². The first-order valence-electron chi connectivity index (χ1n) is 10.1. The SMILES string of the molecule is C=C/C=C(\C=C)C(=N)c1c(N)ncnc1NCC1=Cc2ccccc2C(=C)N1C(C)C. The third-order valence-corrected chi connectivity index (χ3v) is 5.08. The van der Waals surface area contributed by atoms with Crippen molar-refractivity contribution in [2.75, 3.05) is 17.6 Å². The van der Waals surface area contributed by atoms with Gasteiger partial charge >= 0.3 is 0 Å². The van der Waals surface area contributed by atoms with Gasteiger partial charge in [0.05, 0.1) is 17.8 Å². The van der Waals surface area contributed by atoms with Crippen LogP contribution in [0.5, 0.6) is 0 Å². The molecule has 31 heavy (non-hydrogen) atoms. The van der Waals surface area contributed by atoms with E-state index in [1.165, 1.54) is 6.33 Å². The Morgan fingerprint density at radius 1 is 1.26 bits per heavy atom. The monoisotopic (exact) mass is 412 g/mol. The van der Waals surface area contributed by atoms with Gasteiger partial charge < -0.3 is 16.0 Å². The molecule has 2 heterocycles. The van der Waals surface area contributed by atoms with Gasteiger partial charge in [0.15, 0.2) is 0 Å². The van der Waals surface area contributed by atoms with E-state index in [-0.39, 0.29) is 17.6 Å². The number of anilines is 2. The van der Waals surface area contributed by atoms with E-state index in [1.807, 2.05) is 12.1 Å². The molecule has 0 spiro atoms. The molecule has 0 bridgehead atoms. The molecule has 0 fully saturated rings. The number of fused-ring (bicyclic) bond motifs is 1. The second-order valence-corrected chi connectivity index (χ2v) is 7.41. The van der Waals surface area contributed by atoms with Crippen molar-refractivity contribution in [1.29, 1.82) is 5.41 Å². The summed E-state index contributed by atoms with van der Waals surface area (Å²) in [5.74, 6) is 0.718. The van der Waals surface area contributed by atoms with E-state index in [1.54, 1.807) is 18.2 Å². The average Bonchev–Trinajstić information content (AvgIpc) is 2.75. The Bertz CT molecular complexity index is 1110. The Labute approximate surface area is 183 Å². The van der Waals surface area contributed by atoms with Crippen LogP contribution in [0.25, 0.3) is 11.8 Å². The molecule has 6 nitrogen and oxygen atoms in total. The molecule has 1 aromatic heterocycles. The van der Waals surface area contributed by atoms with E-state index < -0.39 is 0 Å². The summed E-state index contributed by atoms with van der Waals surface area (Å²) in [5, 5.41) is 12.0. The molecule has 2 aromatic rings. The zero-order chi connectivity index (χ0) is 22.5. The maximum Gasteiger partial charge on any atom is 0.141 e. The fourth-order valence-electron chi connectivity index (χ4n) is 3.70. The van der Waals surface area contributed by atoms with Crippen molar-refractivity contribution in [2.45, 2.75) is 19.9 Å². The Kier molecular flexibility index (Phi) is 6.50. The highest BCUT2D eigenvalue weighted by Crippen LogP contribution is 2.34. The van der Waals surface area contributed by atoms with Gasteiger partial charge in [-0.1, -0.05) is 62.2 Å². The van der Waals surface area contributed by atoms with Crippen molar-refractivity contribution in [2.24, 2.45) is 0 Å². The number of nitrogens with one attached hydrogen (secondary N) is 2. The van der Waals surface area contributed by atoms with Crippen LogP contribution in [-0.2, 0) is 0 Å². The second-order valence-electron chi connectivity index (χ2n) is 7.41. The maximum atomic E-state index is 8.60. The summed E-state index contributed by atoms with van der Waals surface area (Å²) in [6.45, 7) is 16.6. The zero-order valence-corrected chi connectivity index (χ0v) is 18.0. The number of benzene rings is 1. The van der Waals surface area contributed by atoms with Crippen molar-refractivity contribution >= 4 is 29.1 Å². The number of hydrogen-bond acceptors (Lipinski definition) is 6. The quantitative estimate of drug-likeness (QED) is 0.425. The third kappa shape index (κ3) is 4.33. The zero-order valence-electron chi connectivity index (χ0n) is 18.0. The van der Waals surface area contributed by atoms with Gasteiger partial charge in [-0.05, 0) is 31.1 Å². The molecular formula is C25H28N6. The summed E-state index contributed by atoms with van der Waals surface area (Å²) in [5.41, 5.74) is 11.6. The largest absolute Gasteiger partial charge is 0.383 e. The normalized spacial score (nSPS) is 13.5. The summed E-state index contributed by atoms with van der Waals surface area (Å²) in [7, 11) is 0. The van der Waals surface area contributed by atoms with E-state index in [0.717, 1.165) is 22.5 Å². The van der Waals surface area contributed by atoms with Gasteiger partial charge in [0.2, 0.25) is 0 Å². The lowest BCUT2D eigenvalue weighted by Gasteiger charge is -2.37. The standard InChI is InChI=1S/C25H28N6/c1-6-10-18(7-2)23(26)22-24(27)29-15-30-25(22)28-14-20-13-19-11-8-9-12-21(19)17(5)31(20)16(3)4/h6-13,15-16,26H,1-2,5,14H2,3-4H3,(H3,27,28,29,30)/b18-10+,26-23?. The first-order valence-corrected chi connectivity index (χ1v) is 10.1. The molecule has 0 saturated carbocycles. The van der Waals surface area contributed by atoms with Crippen LogP contribution < -0.4 is 11.1 Å². The first-order chi connectivity index (χ1) is 14.9. The highest BCUT2D eigenvalue weighted by molar-refractivity contribution is 6.17. The van der Waals surface area contributed by atoms with Gasteiger partial charge in [-0.3, -0.25) is 5.41 Å². The smallest absolute Gasteiger partial charge is 0.141 e. The van der Waals surface area contributed by atoms with Gasteiger partial charge in [-0.25, -0.2) is 9.97 Å². The Morgan fingerprint density at radius 2 is 2.00 bits per heavy atom. The molecule has 0 saturated heterocycles. The lowest BCUT2D eigenvalue weighted by atomic mass is 9.97. The van der Waals surface area contributed by atoms with Crippen molar-refractivity contribution in [3.8, 4) is 0 Å². The number of allylic oxidation sites excluding steroid dienone is 4. The lowest BCUT2D eigenvalue weighted by molar-refractivity contribution is 0.403. The summed E-state index contributed by atoms with van der Waals surface area (Å²) in [6, 6.07) is 8.44. The molecule has 0 radical (unpaired) electrons. The molecule has 1 aliphatic heterocycles. The van der Waals surface area contributed by atoms with E-state index >= 15 is 0 Å². The number of aromatic nitrogens is 2. The molecule has 0 atom stereocenters. The first kappa shape index (κ1) is 21.8. The summed E-state index contributed by atoms with van der Waals surface area (Å²) >= 11 is 0. The molecule has 1 aromatic carbocycles. The van der Waals surface area contributed by atoms with Crippen LogP contribution in [-0.4, -0.2) is 33.2 Å². The minimum atomic E-state index is 0.184. The predicted molar refractivity (Wildman–Crippen MR) is 131 cm³/mol. The molecule has 3 rings (SSSR count).